The Morgan fingerprint density at radius 3 is 2.46 bits per heavy atom. The third-order valence-corrected chi connectivity index (χ3v) is 2.14. The van der Waals surface area contributed by atoms with Crippen molar-refractivity contribution in [2.75, 3.05) is 0 Å². The van der Waals surface area contributed by atoms with E-state index in [1.807, 2.05) is 6.92 Å². The van der Waals surface area contributed by atoms with Crippen LogP contribution in [0.5, 0.6) is 0 Å². The van der Waals surface area contributed by atoms with Crippen LogP contribution < -0.4 is 0 Å². The van der Waals surface area contributed by atoms with Gasteiger partial charge in [0.15, 0.2) is 0 Å². The summed E-state index contributed by atoms with van der Waals surface area (Å²) in [5.41, 5.74) is 2.55. The highest BCUT2D eigenvalue weighted by Gasteiger charge is 2.09. The molecule has 3 heteroatoms. The summed E-state index contributed by atoms with van der Waals surface area (Å²) in [7, 11) is 0. The Hall–Kier alpha value is -1.35. The van der Waals surface area contributed by atoms with Crippen LogP contribution in [0.2, 0.25) is 0 Å². The highest BCUT2D eigenvalue weighted by Crippen LogP contribution is 2.16. The SMILES string of the molecule is Cc1cc(CO)cc(C(=O)O)c1C. The highest BCUT2D eigenvalue weighted by molar-refractivity contribution is 5.89. The smallest absolute Gasteiger partial charge is 0.335 e. The fourth-order valence-electron chi connectivity index (χ4n) is 1.25. The molecule has 1 rings (SSSR count). The van der Waals surface area contributed by atoms with Gasteiger partial charge < -0.3 is 10.2 Å². The molecule has 0 fully saturated rings. The van der Waals surface area contributed by atoms with Crippen molar-refractivity contribution in [3.8, 4) is 0 Å². The normalized spacial score (nSPS) is 10.1. The van der Waals surface area contributed by atoms with Crippen LogP contribution >= 0.6 is 0 Å². The quantitative estimate of drug-likeness (QED) is 0.725. The number of hydrogen-bond donors (Lipinski definition) is 2. The molecule has 0 aliphatic heterocycles. The number of aliphatic hydroxyl groups excluding tert-OH is 1. The second-order valence-corrected chi connectivity index (χ2v) is 3.05. The van der Waals surface area contributed by atoms with E-state index < -0.39 is 5.97 Å². The number of carboxylic acid groups (broad SMARTS) is 1. The van der Waals surface area contributed by atoms with Crippen molar-refractivity contribution in [3.05, 3.63) is 34.4 Å². The fraction of sp³-hybridized carbons (Fsp3) is 0.300. The predicted molar refractivity (Wildman–Crippen MR) is 48.8 cm³/mol. The molecular formula is C10H12O3. The molecule has 13 heavy (non-hydrogen) atoms. The zero-order chi connectivity index (χ0) is 10.0. The van der Waals surface area contributed by atoms with Crippen LogP contribution in [0.3, 0.4) is 0 Å². The first-order chi connectivity index (χ1) is 6.06. The number of carbonyl (C=O) groups is 1. The molecule has 0 aliphatic carbocycles. The summed E-state index contributed by atoms with van der Waals surface area (Å²) < 4.78 is 0. The van der Waals surface area contributed by atoms with Gasteiger partial charge in [0, 0.05) is 0 Å². The van der Waals surface area contributed by atoms with Crippen LogP contribution in [0.4, 0.5) is 0 Å². The maximum Gasteiger partial charge on any atom is 0.335 e. The van der Waals surface area contributed by atoms with Gasteiger partial charge in [-0.15, -0.1) is 0 Å². The molecular weight excluding hydrogens is 168 g/mol. The van der Waals surface area contributed by atoms with Crippen LogP contribution in [0.25, 0.3) is 0 Å². The van der Waals surface area contributed by atoms with Crippen molar-refractivity contribution >= 4 is 5.97 Å². The Morgan fingerprint density at radius 2 is 2.00 bits per heavy atom. The summed E-state index contributed by atoms with van der Waals surface area (Å²) in [5.74, 6) is -0.948. The minimum atomic E-state index is -0.948. The average molecular weight is 180 g/mol. The largest absolute Gasteiger partial charge is 0.478 e. The Labute approximate surface area is 76.6 Å². The highest BCUT2D eigenvalue weighted by atomic mass is 16.4. The lowest BCUT2D eigenvalue weighted by molar-refractivity contribution is 0.0696. The minimum absolute atomic E-state index is 0.124. The number of aromatic carboxylic acids is 1. The molecule has 0 unspecified atom stereocenters. The molecule has 2 N–H and O–H groups in total. The molecule has 0 heterocycles. The molecule has 0 saturated carbocycles. The molecule has 3 nitrogen and oxygen atoms in total. The predicted octanol–water partition coefficient (Wildman–Crippen LogP) is 1.49. The van der Waals surface area contributed by atoms with Crippen molar-refractivity contribution in [2.24, 2.45) is 0 Å². The van der Waals surface area contributed by atoms with Crippen LogP contribution in [-0.4, -0.2) is 16.2 Å². The maximum absolute atomic E-state index is 10.8. The van der Waals surface area contributed by atoms with Gasteiger partial charge in [-0.05, 0) is 36.6 Å². The minimum Gasteiger partial charge on any atom is -0.478 e. The zero-order valence-electron chi connectivity index (χ0n) is 7.66. The third kappa shape index (κ3) is 1.87. The Balaban J connectivity index is 3.33. The number of rotatable bonds is 2. The molecule has 0 aliphatic rings. The number of benzene rings is 1. The van der Waals surface area contributed by atoms with Gasteiger partial charge in [0.05, 0.1) is 12.2 Å². The lowest BCUT2D eigenvalue weighted by Gasteiger charge is -2.07. The summed E-state index contributed by atoms with van der Waals surface area (Å²) in [4.78, 5) is 10.8. The maximum atomic E-state index is 10.8. The van der Waals surface area contributed by atoms with Crippen molar-refractivity contribution < 1.29 is 15.0 Å². The molecule has 0 aromatic heterocycles. The van der Waals surface area contributed by atoms with Gasteiger partial charge in [0.2, 0.25) is 0 Å². The van der Waals surface area contributed by atoms with E-state index >= 15 is 0 Å². The van der Waals surface area contributed by atoms with Crippen LogP contribution in [0.15, 0.2) is 12.1 Å². The Kier molecular flexibility index (Phi) is 2.68. The summed E-state index contributed by atoms with van der Waals surface area (Å²) in [5, 5.41) is 17.7. The lowest BCUT2D eigenvalue weighted by Crippen LogP contribution is -2.03. The second-order valence-electron chi connectivity index (χ2n) is 3.05. The van der Waals surface area contributed by atoms with Crippen molar-refractivity contribution in [1.29, 1.82) is 0 Å². The first-order valence-electron chi connectivity index (χ1n) is 4.00. The topological polar surface area (TPSA) is 57.5 Å². The van der Waals surface area contributed by atoms with Gasteiger partial charge in [-0.1, -0.05) is 6.07 Å². The van der Waals surface area contributed by atoms with E-state index in [0.29, 0.717) is 5.56 Å². The van der Waals surface area contributed by atoms with E-state index in [2.05, 4.69) is 0 Å². The summed E-state index contributed by atoms with van der Waals surface area (Å²) in [6, 6.07) is 3.30. The van der Waals surface area contributed by atoms with Crippen LogP contribution in [-0.2, 0) is 6.61 Å². The molecule has 1 aromatic carbocycles. The fourth-order valence-corrected chi connectivity index (χ4v) is 1.25. The summed E-state index contributed by atoms with van der Waals surface area (Å²) >= 11 is 0. The van der Waals surface area contributed by atoms with Crippen molar-refractivity contribution in [1.82, 2.24) is 0 Å². The van der Waals surface area contributed by atoms with E-state index in [4.69, 9.17) is 10.2 Å². The molecule has 0 amide bonds. The molecule has 0 saturated heterocycles. The summed E-state index contributed by atoms with van der Waals surface area (Å²) in [6.07, 6.45) is 0. The van der Waals surface area contributed by atoms with E-state index in [1.54, 1.807) is 13.0 Å². The number of hydrogen-bond acceptors (Lipinski definition) is 2. The van der Waals surface area contributed by atoms with E-state index in [1.165, 1.54) is 6.07 Å². The lowest BCUT2D eigenvalue weighted by atomic mass is 10.00. The van der Waals surface area contributed by atoms with E-state index in [-0.39, 0.29) is 12.2 Å². The first-order valence-corrected chi connectivity index (χ1v) is 4.00. The van der Waals surface area contributed by atoms with Crippen molar-refractivity contribution in [3.63, 3.8) is 0 Å². The Bertz CT molecular complexity index is 342. The van der Waals surface area contributed by atoms with Gasteiger partial charge in [-0.2, -0.15) is 0 Å². The molecule has 0 spiro atoms. The molecule has 0 radical (unpaired) electrons. The van der Waals surface area contributed by atoms with Crippen LogP contribution in [0, 0.1) is 13.8 Å². The van der Waals surface area contributed by atoms with Gasteiger partial charge in [-0.3, -0.25) is 0 Å². The van der Waals surface area contributed by atoms with E-state index in [0.717, 1.165) is 11.1 Å². The van der Waals surface area contributed by atoms with Gasteiger partial charge in [0.1, 0.15) is 0 Å². The van der Waals surface area contributed by atoms with Gasteiger partial charge in [-0.25, -0.2) is 4.79 Å². The monoisotopic (exact) mass is 180 g/mol. The molecule has 1 aromatic rings. The number of aliphatic hydroxyl groups is 1. The Morgan fingerprint density at radius 1 is 1.38 bits per heavy atom. The molecule has 70 valence electrons. The second kappa shape index (κ2) is 3.58. The number of aryl methyl sites for hydroxylation is 1. The van der Waals surface area contributed by atoms with Crippen LogP contribution in [0.1, 0.15) is 27.0 Å². The first kappa shape index (κ1) is 9.74. The average Bonchev–Trinajstić information content (AvgIpc) is 2.09. The number of carboxylic acids is 1. The van der Waals surface area contributed by atoms with Crippen molar-refractivity contribution in [2.45, 2.75) is 20.5 Å². The van der Waals surface area contributed by atoms with Gasteiger partial charge in [0.25, 0.3) is 0 Å². The summed E-state index contributed by atoms with van der Waals surface area (Å²) in [6.45, 7) is 3.47. The molecule has 0 bridgehead atoms. The van der Waals surface area contributed by atoms with Gasteiger partial charge >= 0.3 is 5.97 Å². The standard InChI is InChI=1S/C10H12O3/c1-6-3-8(5-11)4-9(7(6)2)10(12)13/h3-4,11H,5H2,1-2H3,(H,12,13). The van der Waals surface area contributed by atoms with E-state index in [9.17, 15) is 4.79 Å². The third-order valence-electron chi connectivity index (χ3n) is 2.14. The molecule has 0 atom stereocenters. The zero-order valence-corrected chi connectivity index (χ0v) is 7.66.